The van der Waals surface area contributed by atoms with E-state index in [2.05, 4.69) is 45.6 Å². The third-order valence-corrected chi connectivity index (χ3v) is 6.43. The van der Waals surface area contributed by atoms with E-state index in [1.165, 1.54) is 87.3 Å². The standard InChI is InChI=1S/C30H23N11O8/c1-48-25-13-19(34-36-21-7-3-5-9-23(21)40(44)45)11-17(27(25)42)15-31-29-33-30(39-38-29)32-16-18-12-20(14-26(49-2)28(18)43)35-37-22-8-4-6-10-24(22)41(46)47/h3-16,42-43H,1-2H3,(H,33,38,39)/b31-15+,32-16+,36-34?,37-35?. The molecule has 0 aliphatic carbocycles. The number of azo groups is 2. The number of ether oxygens (including phenoxy) is 2. The number of nitrogens with zero attached hydrogens (tertiary/aromatic N) is 10. The molecule has 3 N–H and O–H groups in total. The van der Waals surface area contributed by atoms with Crippen molar-refractivity contribution < 1.29 is 29.5 Å². The summed E-state index contributed by atoms with van der Waals surface area (Å²) in [5.41, 5.74) is 0.313. The molecule has 0 unspecified atom stereocenters. The molecule has 0 atom stereocenters. The van der Waals surface area contributed by atoms with E-state index in [1.807, 2.05) is 0 Å². The van der Waals surface area contributed by atoms with Crippen LogP contribution in [0.3, 0.4) is 0 Å². The maximum Gasteiger partial charge on any atom is 0.296 e. The van der Waals surface area contributed by atoms with E-state index in [0.717, 1.165) is 0 Å². The molecule has 1 heterocycles. The van der Waals surface area contributed by atoms with Crippen molar-refractivity contribution in [2.24, 2.45) is 30.4 Å². The van der Waals surface area contributed by atoms with Gasteiger partial charge in [-0.15, -0.1) is 15.3 Å². The van der Waals surface area contributed by atoms with Gasteiger partial charge in [-0.2, -0.15) is 15.2 Å². The minimum Gasteiger partial charge on any atom is -0.504 e. The Hall–Kier alpha value is -7.44. The molecular weight excluding hydrogens is 642 g/mol. The topological polar surface area (TPSA) is 261 Å². The number of aromatic hydroxyl groups is 2. The smallest absolute Gasteiger partial charge is 0.296 e. The van der Waals surface area contributed by atoms with Crippen LogP contribution in [0.2, 0.25) is 0 Å². The van der Waals surface area contributed by atoms with Crippen LogP contribution in [-0.4, -0.2) is 61.9 Å². The van der Waals surface area contributed by atoms with E-state index in [9.17, 15) is 30.4 Å². The number of phenols is 2. The van der Waals surface area contributed by atoms with Gasteiger partial charge >= 0.3 is 0 Å². The summed E-state index contributed by atoms with van der Waals surface area (Å²) >= 11 is 0. The third kappa shape index (κ3) is 7.87. The van der Waals surface area contributed by atoms with Gasteiger partial charge in [-0.25, -0.2) is 15.1 Å². The number of nitro groups is 2. The number of nitro benzene ring substituents is 2. The van der Waals surface area contributed by atoms with Crippen LogP contribution in [0.5, 0.6) is 23.0 Å². The predicted molar refractivity (Wildman–Crippen MR) is 175 cm³/mol. The number of aromatic amines is 1. The average molecular weight is 666 g/mol. The second-order valence-electron chi connectivity index (χ2n) is 9.54. The van der Waals surface area contributed by atoms with Crippen LogP contribution >= 0.6 is 0 Å². The zero-order chi connectivity index (χ0) is 34.9. The highest BCUT2D eigenvalue weighted by Gasteiger charge is 2.15. The molecule has 1 aromatic heterocycles. The summed E-state index contributed by atoms with van der Waals surface area (Å²) in [4.78, 5) is 33.9. The first-order valence-corrected chi connectivity index (χ1v) is 13.8. The van der Waals surface area contributed by atoms with Gasteiger partial charge in [0.15, 0.2) is 34.4 Å². The van der Waals surface area contributed by atoms with Crippen molar-refractivity contribution >= 4 is 58.5 Å². The zero-order valence-corrected chi connectivity index (χ0v) is 25.4. The molecule has 19 heteroatoms. The Morgan fingerprint density at radius 2 is 1.18 bits per heavy atom. The molecule has 0 bridgehead atoms. The molecule has 246 valence electrons. The quantitative estimate of drug-likeness (QED) is 0.0515. The lowest BCUT2D eigenvalue weighted by Gasteiger charge is -2.07. The van der Waals surface area contributed by atoms with Crippen LogP contribution in [0, 0.1) is 20.2 Å². The number of hydrogen-bond donors (Lipinski definition) is 3. The van der Waals surface area contributed by atoms with Crippen LogP contribution in [0.1, 0.15) is 11.1 Å². The SMILES string of the molecule is COc1cc(N=Nc2ccccc2[N+](=O)[O-])cc(/C=N/c2n[nH]c(/N=C/c3cc(N=Nc4ccccc4[N+](=O)[O-])cc(OC)c3O)n2)c1O. The van der Waals surface area contributed by atoms with Crippen LogP contribution < -0.4 is 9.47 Å². The molecule has 0 amide bonds. The summed E-state index contributed by atoms with van der Waals surface area (Å²) in [6.07, 6.45) is 2.48. The summed E-state index contributed by atoms with van der Waals surface area (Å²) in [6.45, 7) is 0. The Kier molecular flexibility index (Phi) is 9.93. The molecule has 0 saturated heterocycles. The number of hydrogen-bond acceptors (Lipinski definition) is 16. The summed E-state index contributed by atoms with van der Waals surface area (Å²) in [5.74, 6) is -0.537. The lowest BCUT2D eigenvalue weighted by atomic mass is 10.1. The first kappa shape index (κ1) is 32.9. The second-order valence-corrected chi connectivity index (χ2v) is 9.54. The first-order valence-electron chi connectivity index (χ1n) is 13.8. The Balaban J connectivity index is 1.36. The summed E-state index contributed by atoms with van der Waals surface area (Å²) in [6, 6.07) is 17.3. The Morgan fingerprint density at radius 1 is 0.714 bits per heavy atom. The molecule has 5 aromatic rings. The van der Waals surface area contributed by atoms with Crippen molar-refractivity contribution in [3.8, 4) is 23.0 Å². The molecule has 19 nitrogen and oxygen atoms in total. The van der Waals surface area contributed by atoms with Gasteiger partial charge in [-0.05, 0) is 24.3 Å². The number of aliphatic imine (C=N–C) groups is 2. The van der Waals surface area contributed by atoms with Crippen molar-refractivity contribution in [2.45, 2.75) is 0 Å². The van der Waals surface area contributed by atoms with Crippen LogP contribution in [0.25, 0.3) is 0 Å². The minimum absolute atomic E-state index is 0.00809. The first-order chi connectivity index (χ1) is 23.7. The number of benzene rings is 4. The van der Waals surface area contributed by atoms with E-state index in [-0.39, 0.29) is 80.1 Å². The fourth-order valence-electron chi connectivity index (χ4n) is 4.10. The summed E-state index contributed by atoms with van der Waals surface area (Å²) in [5, 5.41) is 66.4. The van der Waals surface area contributed by atoms with Crippen LogP contribution in [0.4, 0.5) is 46.0 Å². The highest BCUT2D eigenvalue weighted by atomic mass is 16.6. The molecular formula is C30H23N11O8. The summed E-state index contributed by atoms with van der Waals surface area (Å²) < 4.78 is 10.4. The second kappa shape index (κ2) is 14.8. The number of aromatic nitrogens is 3. The maximum atomic E-state index is 11.3. The molecule has 0 fully saturated rings. The average Bonchev–Trinajstić information content (AvgIpc) is 3.57. The van der Waals surface area contributed by atoms with Crippen molar-refractivity contribution in [1.29, 1.82) is 0 Å². The fourth-order valence-corrected chi connectivity index (χ4v) is 4.10. The van der Waals surface area contributed by atoms with Crippen molar-refractivity contribution in [2.75, 3.05) is 14.2 Å². The minimum atomic E-state index is -0.577. The predicted octanol–water partition coefficient (Wildman–Crippen LogP) is 7.38. The van der Waals surface area contributed by atoms with Gasteiger partial charge in [0.25, 0.3) is 17.3 Å². The number of methoxy groups -OCH3 is 2. The largest absolute Gasteiger partial charge is 0.504 e. The highest BCUT2D eigenvalue weighted by molar-refractivity contribution is 5.89. The van der Waals surface area contributed by atoms with E-state index in [0.29, 0.717) is 0 Å². The van der Waals surface area contributed by atoms with E-state index in [4.69, 9.17) is 9.47 Å². The molecule has 0 aliphatic rings. The Morgan fingerprint density at radius 3 is 1.65 bits per heavy atom. The normalized spacial score (nSPS) is 11.6. The number of phenolic OH excluding ortho intramolecular Hbond substituents is 2. The van der Waals surface area contributed by atoms with Gasteiger partial charge in [-0.1, -0.05) is 24.3 Å². The van der Waals surface area contributed by atoms with Crippen molar-refractivity contribution in [3.05, 3.63) is 104 Å². The van der Waals surface area contributed by atoms with Gasteiger partial charge in [0, 0.05) is 47.8 Å². The fraction of sp³-hybridized carbons (Fsp3) is 0.0667. The monoisotopic (exact) mass is 665 g/mol. The zero-order valence-electron chi connectivity index (χ0n) is 25.4. The van der Waals surface area contributed by atoms with Gasteiger partial charge in [0.05, 0.1) is 35.4 Å². The van der Waals surface area contributed by atoms with Gasteiger partial charge in [0.2, 0.25) is 5.95 Å². The van der Waals surface area contributed by atoms with Gasteiger partial charge < -0.3 is 19.7 Å². The molecule has 4 aromatic carbocycles. The number of para-hydroxylation sites is 2. The lowest BCUT2D eigenvalue weighted by molar-refractivity contribution is -0.384. The Bertz CT molecular complexity index is 2010. The highest BCUT2D eigenvalue weighted by Crippen LogP contribution is 2.37. The van der Waals surface area contributed by atoms with Crippen molar-refractivity contribution in [3.63, 3.8) is 0 Å². The van der Waals surface area contributed by atoms with E-state index < -0.39 is 9.85 Å². The van der Waals surface area contributed by atoms with Crippen LogP contribution in [-0.2, 0) is 0 Å². The number of rotatable bonds is 12. The van der Waals surface area contributed by atoms with E-state index >= 15 is 0 Å². The molecule has 49 heavy (non-hydrogen) atoms. The maximum absolute atomic E-state index is 11.3. The lowest BCUT2D eigenvalue weighted by Crippen LogP contribution is -1.89. The van der Waals surface area contributed by atoms with Gasteiger partial charge in [0.1, 0.15) is 0 Å². The van der Waals surface area contributed by atoms with Gasteiger partial charge in [-0.3, -0.25) is 20.2 Å². The molecule has 0 spiro atoms. The molecule has 0 aliphatic heterocycles. The molecule has 5 rings (SSSR count). The Labute approximate surface area is 275 Å². The summed E-state index contributed by atoms with van der Waals surface area (Å²) in [7, 11) is 2.67. The number of nitrogens with one attached hydrogen (secondary N) is 1. The van der Waals surface area contributed by atoms with Crippen LogP contribution in [0.15, 0.2) is 103 Å². The third-order valence-electron chi connectivity index (χ3n) is 6.43. The number of H-pyrrole nitrogens is 1. The van der Waals surface area contributed by atoms with E-state index in [1.54, 1.807) is 12.1 Å². The van der Waals surface area contributed by atoms with Crippen molar-refractivity contribution in [1.82, 2.24) is 15.2 Å². The molecule has 0 saturated carbocycles. The molecule has 0 radical (unpaired) electrons.